The Labute approximate surface area is 192 Å². The van der Waals surface area contributed by atoms with Gasteiger partial charge in [-0.25, -0.2) is 19.5 Å². The summed E-state index contributed by atoms with van der Waals surface area (Å²) in [6.07, 6.45) is -2.50. The molecule has 1 aliphatic rings. The minimum absolute atomic E-state index is 0.158. The van der Waals surface area contributed by atoms with Gasteiger partial charge in [-0.15, -0.1) is 0 Å². The van der Waals surface area contributed by atoms with E-state index in [0.29, 0.717) is 29.2 Å². The highest BCUT2D eigenvalue weighted by atomic mass is 31.2. The third kappa shape index (κ3) is 5.39. The van der Waals surface area contributed by atoms with Crippen LogP contribution in [-0.4, -0.2) is 70.3 Å². The van der Waals surface area contributed by atoms with Gasteiger partial charge in [0.15, 0.2) is 23.2 Å². The van der Waals surface area contributed by atoms with Crippen molar-refractivity contribution in [2.75, 3.05) is 17.2 Å². The fourth-order valence-corrected chi connectivity index (χ4v) is 3.87. The van der Waals surface area contributed by atoms with Gasteiger partial charge < -0.3 is 35.4 Å². The molecule has 0 bridgehead atoms. The number of anilines is 2. The normalized spacial score (nSPS) is 22.7. The van der Waals surface area contributed by atoms with E-state index in [1.165, 1.54) is 24.1 Å². The summed E-state index contributed by atoms with van der Waals surface area (Å²) in [6.45, 7) is 1.22. The number of ether oxygens (including phenoxy) is 1. The molecule has 0 radical (unpaired) electrons. The number of nitrogens with zero attached hydrogens (tertiary/aromatic N) is 4. The minimum Gasteiger partial charge on any atom is -0.387 e. The number of hydrogen-bond acceptors (Lipinski definition) is 10. The van der Waals surface area contributed by atoms with Gasteiger partial charge in [0.25, 0.3) is 0 Å². The van der Waals surface area contributed by atoms with E-state index in [0.717, 1.165) is 5.56 Å². The highest BCUT2D eigenvalue weighted by Gasteiger charge is 2.45. The molecule has 1 amide bonds. The zero-order valence-corrected chi connectivity index (χ0v) is 18.7. The van der Waals surface area contributed by atoms with Gasteiger partial charge in [-0.2, -0.15) is 0 Å². The van der Waals surface area contributed by atoms with Crippen molar-refractivity contribution in [3.63, 3.8) is 0 Å². The van der Waals surface area contributed by atoms with E-state index < -0.39 is 39.0 Å². The van der Waals surface area contributed by atoms with Gasteiger partial charge in [-0.05, 0) is 17.7 Å². The molecule has 14 nitrogen and oxygen atoms in total. The summed E-state index contributed by atoms with van der Waals surface area (Å²) in [5, 5.41) is 26.5. The van der Waals surface area contributed by atoms with E-state index in [2.05, 4.69) is 30.1 Å². The minimum atomic E-state index is -4.77. The molecule has 0 saturated carbocycles. The average Bonchev–Trinajstić information content (AvgIpc) is 3.32. The number of rotatable bonds is 8. The number of aliphatic hydroxyl groups excluding tert-OH is 2. The Morgan fingerprint density at radius 3 is 2.59 bits per heavy atom. The highest BCUT2D eigenvalue weighted by molar-refractivity contribution is 7.46. The van der Waals surface area contributed by atoms with Crippen molar-refractivity contribution in [1.29, 1.82) is 0 Å². The molecule has 4 rings (SSSR count). The second-order valence-corrected chi connectivity index (χ2v) is 8.85. The topological polar surface area (TPSA) is 201 Å². The van der Waals surface area contributed by atoms with Gasteiger partial charge >= 0.3 is 7.82 Å². The standard InChI is InChI=1S/C19H23N6O8P/c1-10(26)24-12-4-2-11(3-5-12)6-20-17-14-18(22-8-21-17)25(9-23-14)19-16(28)15(27)13(33-19)7-32-34(29,30)31/h2-5,8-9,13,15-16,19,27-28H,6-7H2,1H3,(H,24,26)(H,20,21,22)(H2,29,30,31). The van der Waals surface area contributed by atoms with E-state index in [1.54, 1.807) is 12.1 Å². The summed E-state index contributed by atoms with van der Waals surface area (Å²) in [5.74, 6) is 0.262. The van der Waals surface area contributed by atoms with Crippen molar-refractivity contribution in [3.8, 4) is 0 Å². The van der Waals surface area contributed by atoms with Crippen LogP contribution in [0.15, 0.2) is 36.9 Å². The molecule has 3 heterocycles. The van der Waals surface area contributed by atoms with E-state index in [1.807, 2.05) is 12.1 Å². The first-order chi connectivity index (χ1) is 16.1. The third-order valence-corrected chi connectivity index (χ3v) is 5.60. The van der Waals surface area contributed by atoms with Crippen LogP contribution in [0.25, 0.3) is 11.2 Å². The lowest BCUT2D eigenvalue weighted by molar-refractivity contribution is -0.114. The number of imidazole rings is 1. The molecule has 0 spiro atoms. The maximum absolute atomic E-state index is 11.1. The quantitative estimate of drug-likeness (QED) is 0.231. The third-order valence-electron chi connectivity index (χ3n) is 5.11. The molecule has 4 unspecified atom stereocenters. The lowest BCUT2D eigenvalue weighted by Crippen LogP contribution is -2.33. The zero-order chi connectivity index (χ0) is 24.5. The van der Waals surface area contributed by atoms with Gasteiger partial charge in [-0.1, -0.05) is 12.1 Å². The molecule has 34 heavy (non-hydrogen) atoms. The maximum Gasteiger partial charge on any atom is 0.469 e. The Morgan fingerprint density at radius 2 is 1.91 bits per heavy atom. The van der Waals surface area contributed by atoms with Crippen LogP contribution in [0, 0.1) is 0 Å². The van der Waals surface area contributed by atoms with Gasteiger partial charge in [0.2, 0.25) is 5.91 Å². The second kappa shape index (κ2) is 9.72. The first-order valence-electron chi connectivity index (χ1n) is 10.1. The lowest BCUT2D eigenvalue weighted by Gasteiger charge is -2.16. The van der Waals surface area contributed by atoms with E-state index in [4.69, 9.17) is 14.5 Å². The largest absolute Gasteiger partial charge is 0.469 e. The number of phosphoric acid groups is 1. The SMILES string of the molecule is CC(=O)Nc1ccc(CNc2ncnc3c2ncn3C2OC(COP(=O)(O)O)C(O)C2O)cc1. The number of aliphatic hydroxyl groups is 2. The molecule has 182 valence electrons. The molecule has 1 aliphatic heterocycles. The van der Waals surface area contributed by atoms with Crippen molar-refractivity contribution >= 4 is 36.4 Å². The Bertz CT molecular complexity index is 1220. The number of fused-ring (bicyclic) bond motifs is 1. The fraction of sp³-hybridized carbons (Fsp3) is 0.368. The van der Waals surface area contributed by atoms with E-state index >= 15 is 0 Å². The summed E-state index contributed by atoms with van der Waals surface area (Å²) in [5.41, 5.74) is 2.30. The number of carbonyl (C=O) groups excluding carboxylic acids is 1. The monoisotopic (exact) mass is 494 g/mol. The molecule has 2 aromatic heterocycles. The zero-order valence-electron chi connectivity index (χ0n) is 17.8. The Kier molecular flexibility index (Phi) is 6.91. The van der Waals surface area contributed by atoms with Crippen LogP contribution in [-0.2, 0) is 25.2 Å². The van der Waals surface area contributed by atoms with Crippen LogP contribution in [0.2, 0.25) is 0 Å². The predicted octanol–water partition coefficient (Wildman–Crippen LogP) is 0.125. The summed E-state index contributed by atoms with van der Waals surface area (Å²) >= 11 is 0. The Hall–Kier alpha value is -2.97. The van der Waals surface area contributed by atoms with Crippen molar-refractivity contribution < 1.29 is 38.6 Å². The number of benzene rings is 1. The van der Waals surface area contributed by atoms with Crippen LogP contribution in [0.1, 0.15) is 18.7 Å². The lowest BCUT2D eigenvalue weighted by atomic mass is 10.1. The number of phosphoric ester groups is 1. The maximum atomic E-state index is 11.1. The van der Waals surface area contributed by atoms with Crippen LogP contribution in [0.4, 0.5) is 11.5 Å². The molecule has 3 aromatic rings. The number of aromatic nitrogens is 4. The summed E-state index contributed by atoms with van der Waals surface area (Å²) in [4.78, 5) is 41.6. The van der Waals surface area contributed by atoms with Crippen LogP contribution in [0.5, 0.6) is 0 Å². The smallest absolute Gasteiger partial charge is 0.387 e. The van der Waals surface area contributed by atoms with Crippen molar-refractivity contribution in [3.05, 3.63) is 42.5 Å². The van der Waals surface area contributed by atoms with Gasteiger partial charge in [0.05, 0.1) is 12.9 Å². The average molecular weight is 494 g/mol. The van der Waals surface area contributed by atoms with Gasteiger partial charge in [0, 0.05) is 19.2 Å². The summed E-state index contributed by atoms with van der Waals surface area (Å²) in [6, 6.07) is 7.25. The molecule has 6 N–H and O–H groups in total. The number of carbonyl (C=O) groups is 1. The molecule has 4 atom stereocenters. The van der Waals surface area contributed by atoms with Crippen molar-refractivity contribution in [1.82, 2.24) is 19.5 Å². The molecular formula is C19H23N6O8P. The Morgan fingerprint density at radius 1 is 1.18 bits per heavy atom. The van der Waals surface area contributed by atoms with Gasteiger partial charge in [0.1, 0.15) is 24.6 Å². The van der Waals surface area contributed by atoms with Crippen molar-refractivity contribution in [2.24, 2.45) is 0 Å². The Balaban J connectivity index is 1.48. The molecule has 1 saturated heterocycles. The van der Waals surface area contributed by atoms with Crippen LogP contribution < -0.4 is 10.6 Å². The highest BCUT2D eigenvalue weighted by Crippen LogP contribution is 2.39. The number of nitrogens with one attached hydrogen (secondary N) is 2. The summed E-state index contributed by atoms with van der Waals surface area (Å²) < 4.78 is 22.3. The van der Waals surface area contributed by atoms with Crippen molar-refractivity contribution in [2.45, 2.75) is 38.0 Å². The van der Waals surface area contributed by atoms with Gasteiger partial charge in [-0.3, -0.25) is 13.9 Å². The molecule has 0 aliphatic carbocycles. The molecule has 1 aromatic carbocycles. The fourth-order valence-electron chi connectivity index (χ4n) is 3.53. The van der Waals surface area contributed by atoms with E-state index in [-0.39, 0.29) is 5.91 Å². The number of hydrogen-bond donors (Lipinski definition) is 6. The number of amides is 1. The van der Waals surface area contributed by atoms with E-state index in [9.17, 15) is 19.6 Å². The first-order valence-corrected chi connectivity index (χ1v) is 11.6. The summed E-state index contributed by atoms with van der Waals surface area (Å²) in [7, 11) is -4.77. The first kappa shape index (κ1) is 24.2. The molecular weight excluding hydrogens is 471 g/mol. The molecule has 15 heteroatoms. The molecule has 1 fully saturated rings. The predicted molar refractivity (Wildman–Crippen MR) is 117 cm³/mol. The van der Waals surface area contributed by atoms with Crippen LogP contribution in [0.3, 0.4) is 0 Å². The second-order valence-electron chi connectivity index (χ2n) is 7.61. The van der Waals surface area contributed by atoms with Crippen LogP contribution >= 0.6 is 7.82 Å².